The summed E-state index contributed by atoms with van der Waals surface area (Å²) >= 11 is 6.25. The van der Waals surface area contributed by atoms with Crippen molar-refractivity contribution in [1.82, 2.24) is 4.90 Å². The molecule has 1 atom stereocenters. The predicted octanol–water partition coefficient (Wildman–Crippen LogP) is 1.50. The summed E-state index contributed by atoms with van der Waals surface area (Å²) < 4.78 is 0. The first-order chi connectivity index (χ1) is 9.10. The number of benzene rings is 1. The van der Waals surface area contributed by atoms with Gasteiger partial charge >= 0.3 is 0 Å². The van der Waals surface area contributed by atoms with E-state index in [9.17, 15) is 4.79 Å². The second kappa shape index (κ2) is 6.37. The fourth-order valence-corrected chi connectivity index (χ4v) is 2.78. The Morgan fingerprint density at radius 2 is 2.26 bits per heavy atom. The summed E-state index contributed by atoms with van der Waals surface area (Å²) in [5.74, 6) is -0.231. The molecule has 1 unspecified atom stereocenters. The minimum atomic E-state index is -0.200. The van der Waals surface area contributed by atoms with Gasteiger partial charge in [0, 0.05) is 24.7 Å². The molecule has 1 saturated heterocycles. The number of carbonyl (C=O) groups excluding carboxylic acids is 1. The Morgan fingerprint density at radius 3 is 2.89 bits per heavy atom. The quantitative estimate of drug-likeness (QED) is 0.878. The second-order valence-electron chi connectivity index (χ2n) is 5.11. The molecule has 1 aliphatic heterocycles. The third kappa shape index (κ3) is 3.69. The Kier molecular flexibility index (Phi) is 4.80. The smallest absolute Gasteiger partial charge is 0.221 e. The molecule has 1 aromatic rings. The van der Waals surface area contributed by atoms with E-state index in [1.165, 1.54) is 0 Å². The molecule has 2 rings (SSSR count). The number of nitrogens with two attached hydrogens (primary N) is 2. The Labute approximate surface area is 118 Å². The maximum Gasteiger partial charge on any atom is 0.221 e. The molecule has 1 heterocycles. The zero-order chi connectivity index (χ0) is 13.8. The van der Waals surface area contributed by atoms with Crippen LogP contribution in [0.25, 0.3) is 0 Å². The van der Waals surface area contributed by atoms with Gasteiger partial charge in [0.25, 0.3) is 0 Å². The summed E-state index contributed by atoms with van der Waals surface area (Å²) in [4.78, 5) is 13.5. The molecular formula is C14H20ClN3O. The van der Waals surface area contributed by atoms with Gasteiger partial charge in [-0.05, 0) is 36.6 Å². The molecule has 4 nitrogen and oxygen atoms in total. The van der Waals surface area contributed by atoms with Crippen molar-refractivity contribution in [3.63, 3.8) is 0 Å². The Morgan fingerprint density at radius 1 is 1.47 bits per heavy atom. The second-order valence-corrected chi connectivity index (χ2v) is 5.51. The minimum Gasteiger partial charge on any atom is -0.369 e. The van der Waals surface area contributed by atoms with E-state index < -0.39 is 0 Å². The van der Waals surface area contributed by atoms with Crippen LogP contribution in [-0.4, -0.2) is 23.9 Å². The maximum atomic E-state index is 11.3. The lowest BCUT2D eigenvalue weighted by Crippen LogP contribution is -2.40. The van der Waals surface area contributed by atoms with E-state index in [1.54, 1.807) is 0 Å². The first-order valence-corrected chi connectivity index (χ1v) is 6.97. The molecule has 5 heteroatoms. The molecule has 0 saturated carbocycles. The van der Waals surface area contributed by atoms with Gasteiger partial charge in [0.05, 0.1) is 5.92 Å². The van der Waals surface area contributed by atoms with Crippen LogP contribution in [0.2, 0.25) is 5.02 Å². The number of amides is 1. The van der Waals surface area contributed by atoms with Crippen molar-refractivity contribution < 1.29 is 4.79 Å². The lowest BCUT2D eigenvalue weighted by Gasteiger charge is -2.31. The third-order valence-corrected chi connectivity index (χ3v) is 4.01. The Hall–Kier alpha value is -1.10. The summed E-state index contributed by atoms with van der Waals surface area (Å²) in [6.45, 7) is 2.96. The molecule has 19 heavy (non-hydrogen) atoms. The first-order valence-electron chi connectivity index (χ1n) is 6.59. The van der Waals surface area contributed by atoms with Crippen LogP contribution in [0.15, 0.2) is 18.2 Å². The minimum absolute atomic E-state index is 0.0316. The maximum absolute atomic E-state index is 11.3. The fourth-order valence-electron chi connectivity index (χ4n) is 2.52. The lowest BCUT2D eigenvalue weighted by molar-refractivity contribution is -0.123. The van der Waals surface area contributed by atoms with Crippen molar-refractivity contribution in [3.05, 3.63) is 34.3 Å². The average Bonchev–Trinajstić information content (AvgIpc) is 2.41. The summed E-state index contributed by atoms with van der Waals surface area (Å²) in [6, 6.07) is 5.92. The van der Waals surface area contributed by atoms with Gasteiger partial charge in [0.2, 0.25) is 5.91 Å². The highest BCUT2D eigenvalue weighted by molar-refractivity contribution is 6.31. The van der Waals surface area contributed by atoms with Gasteiger partial charge in [-0.3, -0.25) is 9.69 Å². The van der Waals surface area contributed by atoms with E-state index in [-0.39, 0.29) is 11.8 Å². The molecular weight excluding hydrogens is 262 g/mol. The van der Waals surface area contributed by atoms with E-state index in [1.807, 2.05) is 18.2 Å². The Balaban J connectivity index is 2.02. The molecule has 0 radical (unpaired) electrons. The van der Waals surface area contributed by atoms with E-state index >= 15 is 0 Å². The van der Waals surface area contributed by atoms with E-state index in [0.29, 0.717) is 6.54 Å². The highest BCUT2D eigenvalue weighted by Crippen LogP contribution is 2.23. The van der Waals surface area contributed by atoms with Crippen LogP contribution in [0.5, 0.6) is 0 Å². The topological polar surface area (TPSA) is 72.3 Å². The number of likely N-dealkylation sites (tertiary alicyclic amines) is 1. The summed E-state index contributed by atoms with van der Waals surface area (Å²) in [5.41, 5.74) is 13.1. The standard InChI is InChI=1S/C14H20ClN3O/c15-13-6-10(7-16)3-4-11(13)8-18-5-1-2-12(9-18)14(17)19/h3-4,6,12H,1-2,5,7-9,16H2,(H2,17,19). The average molecular weight is 282 g/mol. The van der Waals surface area contributed by atoms with Crippen LogP contribution in [0.1, 0.15) is 24.0 Å². The number of hydrogen-bond acceptors (Lipinski definition) is 3. The van der Waals surface area contributed by atoms with Crippen molar-refractivity contribution in [3.8, 4) is 0 Å². The summed E-state index contributed by atoms with van der Waals surface area (Å²) in [6.07, 6.45) is 1.90. The molecule has 1 aromatic carbocycles. The van der Waals surface area contributed by atoms with Gasteiger partial charge in [-0.15, -0.1) is 0 Å². The van der Waals surface area contributed by atoms with Crippen LogP contribution in [-0.2, 0) is 17.9 Å². The molecule has 4 N–H and O–H groups in total. The van der Waals surface area contributed by atoms with Crippen molar-refractivity contribution in [2.75, 3.05) is 13.1 Å². The van der Waals surface area contributed by atoms with E-state index in [4.69, 9.17) is 23.1 Å². The van der Waals surface area contributed by atoms with Crippen LogP contribution < -0.4 is 11.5 Å². The van der Waals surface area contributed by atoms with Gasteiger partial charge < -0.3 is 11.5 Å². The highest BCUT2D eigenvalue weighted by atomic mass is 35.5. The van der Waals surface area contributed by atoms with Crippen LogP contribution in [0, 0.1) is 5.92 Å². The zero-order valence-electron chi connectivity index (χ0n) is 10.9. The fraction of sp³-hybridized carbons (Fsp3) is 0.500. The molecule has 1 aliphatic rings. The number of piperidine rings is 1. The molecule has 0 spiro atoms. The van der Waals surface area contributed by atoms with Crippen molar-refractivity contribution in [1.29, 1.82) is 0 Å². The number of halogens is 1. The molecule has 1 amide bonds. The van der Waals surface area contributed by atoms with Gasteiger partial charge in [0.1, 0.15) is 0 Å². The normalized spacial score (nSPS) is 20.4. The molecule has 0 bridgehead atoms. The van der Waals surface area contributed by atoms with Crippen molar-refractivity contribution >= 4 is 17.5 Å². The lowest BCUT2D eigenvalue weighted by atomic mass is 9.97. The number of hydrogen-bond donors (Lipinski definition) is 2. The monoisotopic (exact) mass is 281 g/mol. The largest absolute Gasteiger partial charge is 0.369 e. The number of rotatable bonds is 4. The van der Waals surface area contributed by atoms with E-state index in [0.717, 1.165) is 48.6 Å². The van der Waals surface area contributed by atoms with Gasteiger partial charge in [-0.25, -0.2) is 0 Å². The molecule has 0 aliphatic carbocycles. The highest BCUT2D eigenvalue weighted by Gasteiger charge is 2.24. The number of primary amides is 1. The third-order valence-electron chi connectivity index (χ3n) is 3.66. The zero-order valence-corrected chi connectivity index (χ0v) is 11.7. The molecule has 1 fully saturated rings. The van der Waals surface area contributed by atoms with Crippen LogP contribution in [0.3, 0.4) is 0 Å². The molecule has 104 valence electrons. The number of carbonyl (C=O) groups is 1. The summed E-state index contributed by atoms with van der Waals surface area (Å²) in [5, 5.41) is 0.740. The van der Waals surface area contributed by atoms with Gasteiger partial charge in [-0.1, -0.05) is 23.7 Å². The van der Waals surface area contributed by atoms with Gasteiger partial charge in [0.15, 0.2) is 0 Å². The van der Waals surface area contributed by atoms with Crippen molar-refractivity contribution in [2.24, 2.45) is 17.4 Å². The summed E-state index contributed by atoms with van der Waals surface area (Å²) in [7, 11) is 0. The predicted molar refractivity (Wildman–Crippen MR) is 76.5 cm³/mol. The SMILES string of the molecule is NCc1ccc(CN2CCCC(C(N)=O)C2)c(Cl)c1. The van der Waals surface area contributed by atoms with Crippen LogP contribution in [0.4, 0.5) is 0 Å². The van der Waals surface area contributed by atoms with Crippen molar-refractivity contribution in [2.45, 2.75) is 25.9 Å². The molecule has 0 aromatic heterocycles. The van der Waals surface area contributed by atoms with Crippen LogP contribution >= 0.6 is 11.6 Å². The first kappa shape index (κ1) is 14.3. The van der Waals surface area contributed by atoms with Gasteiger partial charge in [-0.2, -0.15) is 0 Å². The van der Waals surface area contributed by atoms with E-state index in [2.05, 4.69) is 4.90 Å². The Bertz CT molecular complexity index is 464. The number of nitrogens with zero attached hydrogens (tertiary/aromatic N) is 1.